The van der Waals surface area contributed by atoms with Crippen LogP contribution in [0.25, 0.3) is 5.65 Å². The maximum Gasteiger partial charge on any atom is 0.220 e. The first-order chi connectivity index (χ1) is 9.31. The van der Waals surface area contributed by atoms with Gasteiger partial charge in [0.15, 0.2) is 0 Å². The molecule has 0 bridgehead atoms. The highest BCUT2D eigenvalue weighted by atomic mass is 16.1. The molecule has 1 fully saturated rings. The van der Waals surface area contributed by atoms with Gasteiger partial charge in [0.25, 0.3) is 0 Å². The van der Waals surface area contributed by atoms with E-state index in [1.807, 2.05) is 35.0 Å². The summed E-state index contributed by atoms with van der Waals surface area (Å²) in [5.74, 6) is 0.604. The molecule has 3 rings (SSSR count). The number of fused-ring (bicyclic) bond motifs is 1. The Morgan fingerprint density at radius 3 is 3.26 bits per heavy atom. The van der Waals surface area contributed by atoms with E-state index in [1.54, 1.807) is 0 Å². The third-order valence-electron chi connectivity index (χ3n) is 3.52. The molecule has 19 heavy (non-hydrogen) atoms. The first kappa shape index (κ1) is 12.2. The number of pyridine rings is 1. The van der Waals surface area contributed by atoms with Crippen LogP contribution in [-0.4, -0.2) is 28.4 Å². The molecule has 0 spiro atoms. The second-order valence-electron chi connectivity index (χ2n) is 5.04. The molecule has 5 heteroatoms. The summed E-state index contributed by atoms with van der Waals surface area (Å²) in [6.07, 6.45) is 5.62. The molecule has 2 N–H and O–H groups in total. The second kappa shape index (κ2) is 5.40. The van der Waals surface area contributed by atoms with Crippen LogP contribution in [0.2, 0.25) is 0 Å². The Morgan fingerprint density at radius 2 is 2.47 bits per heavy atom. The highest BCUT2D eigenvalue weighted by molar-refractivity contribution is 5.76. The van der Waals surface area contributed by atoms with Gasteiger partial charge in [0.1, 0.15) is 5.65 Å². The van der Waals surface area contributed by atoms with Gasteiger partial charge >= 0.3 is 0 Å². The summed E-state index contributed by atoms with van der Waals surface area (Å²) in [5.41, 5.74) is 1.80. The Hall–Kier alpha value is -1.88. The maximum atomic E-state index is 11.8. The van der Waals surface area contributed by atoms with Gasteiger partial charge in [-0.2, -0.15) is 0 Å². The van der Waals surface area contributed by atoms with Gasteiger partial charge < -0.3 is 15.0 Å². The van der Waals surface area contributed by atoms with Crippen molar-refractivity contribution in [2.45, 2.75) is 19.4 Å². The third-order valence-corrected chi connectivity index (χ3v) is 3.52. The molecule has 3 heterocycles. The molecule has 1 saturated heterocycles. The van der Waals surface area contributed by atoms with Gasteiger partial charge in [-0.05, 0) is 37.6 Å². The summed E-state index contributed by atoms with van der Waals surface area (Å²) >= 11 is 0. The number of nitrogens with one attached hydrogen (secondary N) is 2. The molecule has 100 valence electrons. The van der Waals surface area contributed by atoms with Gasteiger partial charge in [0.05, 0.1) is 12.2 Å². The van der Waals surface area contributed by atoms with Gasteiger partial charge in [-0.3, -0.25) is 4.79 Å². The monoisotopic (exact) mass is 258 g/mol. The lowest BCUT2D eigenvalue weighted by atomic mass is 10.0. The van der Waals surface area contributed by atoms with Crippen molar-refractivity contribution in [2.75, 3.05) is 13.1 Å². The van der Waals surface area contributed by atoms with Crippen molar-refractivity contribution in [1.82, 2.24) is 20.0 Å². The number of carbonyl (C=O) groups excluding carboxylic acids is 1. The molecule has 0 aromatic carbocycles. The number of carbonyl (C=O) groups is 1. The third kappa shape index (κ3) is 2.93. The van der Waals surface area contributed by atoms with Gasteiger partial charge in [-0.15, -0.1) is 0 Å². The first-order valence-corrected chi connectivity index (χ1v) is 6.71. The fourth-order valence-corrected chi connectivity index (χ4v) is 2.48. The predicted molar refractivity (Wildman–Crippen MR) is 72.6 cm³/mol. The van der Waals surface area contributed by atoms with E-state index >= 15 is 0 Å². The quantitative estimate of drug-likeness (QED) is 0.858. The van der Waals surface area contributed by atoms with Gasteiger partial charge in [0, 0.05) is 18.8 Å². The molecule has 1 amide bonds. The van der Waals surface area contributed by atoms with E-state index in [0.29, 0.717) is 18.9 Å². The molecule has 2 aromatic rings. The van der Waals surface area contributed by atoms with Gasteiger partial charge in [0.2, 0.25) is 5.91 Å². The van der Waals surface area contributed by atoms with E-state index in [1.165, 1.54) is 0 Å². The van der Waals surface area contributed by atoms with Crippen LogP contribution >= 0.6 is 0 Å². The molecule has 0 saturated carbocycles. The summed E-state index contributed by atoms with van der Waals surface area (Å²) in [4.78, 5) is 16.3. The molecule has 0 aliphatic carbocycles. The van der Waals surface area contributed by atoms with Crippen LogP contribution in [0.1, 0.15) is 18.5 Å². The average Bonchev–Trinajstić information content (AvgIpc) is 3.04. The molecular weight excluding hydrogens is 240 g/mol. The smallest absolute Gasteiger partial charge is 0.220 e. The lowest BCUT2D eigenvalue weighted by Gasteiger charge is -2.07. The standard InChI is InChI=1S/C14H18N4O/c19-14(7-11-4-5-15-8-11)16-9-12-10-18-6-2-1-3-13(18)17-12/h1-3,6,10-11,15H,4-5,7-9H2,(H,16,19). The topological polar surface area (TPSA) is 58.4 Å². The zero-order valence-electron chi connectivity index (χ0n) is 10.8. The molecule has 2 aromatic heterocycles. The minimum absolute atomic E-state index is 0.116. The molecule has 1 atom stereocenters. The number of rotatable bonds is 4. The van der Waals surface area contributed by atoms with Crippen molar-refractivity contribution in [2.24, 2.45) is 5.92 Å². The van der Waals surface area contributed by atoms with Crippen molar-refractivity contribution >= 4 is 11.6 Å². The zero-order valence-corrected chi connectivity index (χ0v) is 10.8. The lowest BCUT2D eigenvalue weighted by Crippen LogP contribution is -2.26. The maximum absolute atomic E-state index is 11.8. The van der Waals surface area contributed by atoms with Crippen LogP contribution in [0.5, 0.6) is 0 Å². The van der Waals surface area contributed by atoms with E-state index in [4.69, 9.17) is 0 Å². The van der Waals surface area contributed by atoms with E-state index < -0.39 is 0 Å². The van der Waals surface area contributed by atoms with Crippen LogP contribution in [0.3, 0.4) is 0 Å². The van der Waals surface area contributed by atoms with E-state index in [0.717, 1.165) is 30.9 Å². The number of nitrogens with zero attached hydrogens (tertiary/aromatic N) is 2. The summed E-state index contributed by atoms with van der Waals surface area (Å²) in [7, 11) is 0. The van der Waals surface area contributed by atoms with Gasteiger partial charge in [-0.25, -0.2) is 4.98 Å². The summed E-state index contributed by atoms with van der Waals surface area (Å²) in [6.45, 7) is 2.49. The number of imidazole rings is 1. The Labute approximate surface area is 112 Å². The van der Waals surface area contributed by atoms with E-state index in [2.05, 4.69) is 15.6 Å². The predicted octanol–water partition coefficient (Wildman–Crippen LogP) is 0.950. The highest BCUT2D eigenvalue weighted by Crippen LogP contribution is 2.11. The molecule has 1 aliphatic rings. The number of amides is 1. The average molecular weight is 258 g/mol. The molecule has 0 radical (unpaired) electrons. The minimum atomic E-state index is 0.116. The Balaban J connectivity index is 1.54. The molecular formula is C14H18N4O. The van der Waals surface area contributed by atoms with E-state index in [-0.39, 0.29) is 5.91 Å². The highest BCUT2D eigenvalue weighted by Gasteiger charge is 2.17. The van der Waals surface area contributed by atoms with Crippen LogP contribution in [0.4, 0.5) is 0 Å². The van der Waals surface area contributed by atoms with Crippen LogP contribution in [0, 0.1) is 5.92 Å². The summed E-state index contributed by atoms with van der Waals surface area (Å²) in [6, 6.07) is 5.87. The first-order valence-electron chi connectivity index (χ1n) is 6.71. The van der Waals surface area contributed by atoms with Crippen LogP contribution in [-0.2, 0) is 11.3 Å². The van der Waals surface area contributed by atoms with Crippen LogP contribution < -0.4 is 10.6 Å². The number of hydrogen-bond donors (Lipinski definition) is 2. The largest absolute Gasteiger partial charge is 0.350 e. The van der Waals surface area contributed by atoms with Crippen molar-refractivity contribution in [1.29, 1.82) is 0 Å². The van der Waals surface area contributed by atoms with E-state index in [9.17, 15) is 4.79 Å². The zero-order chi connectivity index (χ0) is 13.1. The normalized spacial score (nSPS) is 18.8. The SMILES string of the molecule is O=C(CC1CCNC1)NCc1cn2ccccc2n1. The molecule has 1 aliphatic heterocycles. The summed E-state index contributed by atoms with van der Waals surface area (Å²) in [5, 5.41) is 6.22. The van der Waals surface area contributed by atoms with Crippen molar-refractivity contribution in [3.8, 4) is 0 Å². The fraction of sp³-hybridized carbons (Fsp3) is 0.429. The van der Waals surface area contributed by atoms with Crippen molar-refractivity contribution < 1.29 is 4.79 Å². The number of aromatic nitrogens is 2. The van der Waals surface area contributed by atoms with Crippen molar-refractivity contribution in [3.05, 3.63) is 36.3 Å². The van der Waals surface area contributed by atoms with Crippen LogP contribution in [0.15, 0.2) is 30.6 Å². The summed E-state index contributed by atoms with van der Waals surface area (Å²) < 4.78 is 1.96. The molecule has 1 unspecified atom stereocenters. The Morgan fingerprint density at radius 1 is 1.53 bits per heavy atom. The second-order valence-corrected chi connectivity index (χ2v) is 5.04. The fourth-order valence-electron chi connectivity index (χ4n) is 2.48. The van der Waals surface area contributed by atoms with Gasteiger partial charge in [-0.1, -0.05) is 6.07 Å². The Bertz CT molecular complexity index is 539. The minimum Gasteiger partial charge on any atom is -0.350 e. The Kier molecular flexibility index (Phi) is 3.46. The lowest BCUT2D eigenvalue weighted by molar-refractivity contribution is -0.122. The van der Waals surface area contributed by atoms with Crippen molar-refractivity contribution in [3.63, 3.8) is 0 Å². The number of hydrogen-bond acceptors (Lipinski definition) is 3. The molecule has 5 nitrogen and oxygen atoms in total.